The van der Waals surface area contributed by atoms with Gasteiger partial charge in [-0.05, 0) is 72.2 Å². The van der Waals surface area contributed by atoms with E-state index in [4.69, 9.17) is 4.74 Å². The van der Waals surface area contributed by atoms with Crippen molar-refractivity contribution in [2.45, 2.75) is 95.6 Å². The number of hydrogen-bond donors (Lipinski definition) is 6. The van der Waals surface area contributed by atoms with Gasteiger partial charge in [0.2, 0.25) is 33.7 Å². The van der Waals surface area contributed by atoms with Crippen LogP contribution in [0.5, 0.6) is 0 Å². The molecule has 16 nitrogen and oxygen atoms in total. The number of hydrogen-bond acceptors (Lipinski definition) is 10. The zero-order chi connectivity index (χ0) is 49.8. The molecule has 0 saturated carbocycles. The lowest BCUT2D eigenvalue weighted by Gasteiger charge is -2.28. The second-order valence-corrected chi connectivity index (χ2v) is 19.8. The minimum atomic E-state index is -4.27. The zero-order valence-electron chi connectivity index (χ0n) is 40.0. The Balaban J connectivity index is 1.24. The molecular formula is C52H62N8O8S. The highest BCUT2D eigenvalue weighted by Gasteiger charge is 2.35. The van der Waals surface area contributed by atoms with Gasteiger partial charge in [0, 0.05) is 72.9 Å². The second-order valence-electron chi connectivity index (χ2n) is 18.1. The summed E-state index contributed by atoms with van der Waals surface area (Å²) in [7, 11) is -0.551. The quantitative estimate of drug-likeness (QED) is 0.0481. The Morgan fingerprint density at radius 1 is 0.638 bits per heavy atom. The number of para-hydroxylation sites is 1. The van der Waals surface area contributed by atoms with Crippen LogP contribution in [-0.4, -0.2) is 92.3 Å². The Morgan fingerprint density at radius 2 is 1.25 bits per heavy atom. The fraction of sp³-hybridized carbons (Fsp3) is 0.346. The van der Waals surface area contributed by atoms with Crippen LogP contribution in [0.4, 0.5) is 5.69 Å². The molecule has 0 fully saturated rings. The molecule has 0 aliphatic carbocycles. The maximum Gasteiger partial charge on any atom is 0.328 e. The summed E-state index contributed by atoms with van der Waals surface area (Å²) < 4.78 is 36.0. The topological polar surface area (TPSA) is 221 Å². The molecule has 2 aromatic heterocycles. The van der Waals surface area contributed by atoms with Gasteiger partial charge in [-0.3, -0.25) is 24.2 Å². The fourth-order valence-corrected chi connectivity index (χ4v) is 9.49. The Labute approximate surface area is 403 Å². The van der Waals surface area contributed by atoms with E-state index in [9.17, 15) is 32.4 Å². The summed E-state index contributed by atoms with van der Waals surface area (Å²) in [6, 6.07) is 24.1. The van der Waals surface area contributed by atoms with Crippen LogP contribution in [-0.2, 0) is 58.2 Å². The third-order valence-corrected chi connectivity index (χ3v) is 13.3. The van der Waals surface area contributed by atoms with Crippen molar-refractivity contribution < 1.29 is 37.1 Å². The van der Waals surface area contributed by atoms with E-state index in [1.165, 1.54) is 13.0 Å². The van der Waals surface area contributed by atoms with Crippen molar-refractivity contribution in [3.63, 3.8) is 0 Å². The number of carbonyl (C=O) groups is 5. The summed E-state index contributed by atoms with van der Waals surface area (Å²) in [6.45, 7) is 8.69. The standard InChI is InChI=1S/C52H62N8O8S/c1-32(2)27-44(52(65)68-31-36-23-25-53-26-24-36)57-51(64)47(33(3)4)58-50(63)43(29-37-30-54-41-20-12-11-17-38(37)41)56-49(62)42(28-35-15-9-8-10-16-35)55-48(61)34(5)59-69(66,67)46-22-14-18-39-40(46)19-13-21-45(39)60(6)7/h8-26,30,32-34,42-44,47,54,59H,27-29,31H2,1-7H3,(H,55,61)(H,56,62)(H,57,64)(H,58,63)/t34-,42-,43-,44-,47-/m0/s1. The minimum Gasteiger partial charge on any atom is -0.459 e. The van der Waals surface area contributed by atoms with Crippen molar-refractivity contribution in [2.75, 3.05) is 19.0 Å². The second kappa shape index (κ2) is 23.3. The van der Waals surface area contributed by atoms with Crippen LogP contribution in [0.15, 0.2) is 127 Å². The molecule has 69 heavy (non-hydrogen) atoms. The lowest BCUT2D eigenvalue weighted by Crippen LogP contribution is -2.60. The number of esters is 1. The van der Waals surface area contributed by atoms with Crippen molar-refractivity contribution in [2.24, 2.45) is 11.8 Å². The Hall–Kier alpha value is -7.11. The third-order valence-electron chi connectivity index (χ3n) is 11.7. The number of sulfonamides is 1. The molecule has 0 unspecified atom stereocenters. The smallest absolute Gasteiger partial charge is 0.328 e. The van der Waals surface area contributed by atoms with Crippen LogP contribution in [0, 0.1) is 11.8 Å². The van der Waals surface area contributed by atoms with Gasteiger partial charge in [-0.1, -0.05) is 100 Å². The Morgan fingerprint density at radius 3 is 1.94 bits per heavy atom. The number of ether oxygens (including phenoxy) is 1. The van der Waals surface area contributed by atoms with Crippen molar-refractivity contribution >= 4 is 67.0 Å². The van der Waals surface area contributed by atoms with Crippen LogP contribution in [0.2, 0.25) is 0 Å². The van der Waals surface area contributed by atoms with Crippen molar-refractivity contribution in [1.29, 1.82) is 0 Å². The molecule has 6 N–H and O–H groups in total. The van der Waals surface area contributed by atoms with Crippen molar-refractivity contribution in [1.82, 2.24) is 36.0 Å². The van der Waals surface area contributed by atoms with E-state index in [0.29, 0.717) is 21.9 Å². The monoisotopic (exact) mass is 958 g/mol. The third kappa shape index (κ3) is 13.5. The van der Waals surface area contributed by atoms with E-state index in [-0.39, 0.29) is 36.7 Å². The highest BCUT2D eigenvalue weighted by atomic mass is 32.2. The van der Waals surface area contributed by atoms with Gasteiger partial charge in [0.05, 0.1) is 10.9 Å². The molecule has 0 radical (unpaired) electrons. The van der Waals surface area contributed by atoms with Crippen LogP contribution in [0.3, 0.4) is 0 Å². The van der Waals surface area contributed by atoms with Gasteiger partial charge < -0.3 is 35.9 Å². The molecule has 0 spiro atoms. The van der Waals surface area contributed by atoms with Crippen LogP contribution < -0.4 is 30.9 Å². The van der Waals surface area contributed by atoms with Gasteiger partial charge in [-0.15, -0.1) is 0 Å². The normalized spacial score (nSPS) is 13.8. The van der Waals surface area contributed by atoms with E-state index in [2.05, 4.69) is 36.0 Å². The number of nitrogens with one attached hydrogen (secondary N) is 6. The highest BCUT2D eigenvalue weighted by Crippen LogP contribution is 2.30. The number of H-pyrrole nitrogens is 1. The van der Waals surface area contributed by atoms with Gasteiger partial charge in [0.25, 0.3) is 0 Å². The summed E-state index contributed by atoms with van der Waals surface area (Å²) in [5, 5.41) is 13.3. The number of nitrogens with zero attached hydrogens (tertiary/aromatic N) is 2. The molecule has 6 aromatic rings. The Kier molecular flexibility index (Phi) is 17.3. The van der Waals surface area contributed by atoms with Gasteiger partial charge in [-0.2, -0.15) is 4.72 Å². The number of amides is 4. The SMILES string of the molecule is CC(C)C[C@H](NC(=O)[C@@H](NC(=O)[C@H](Cc1c[nH]c2ccccc12)NC(=O)[C@H](Cc1ccccc1)NC(=O)[C@H](C)NS(=O)(=O)c1cccc2c(N(C)C)cccc12)C(C)C)C(=O)OCc1ccncc1. The van der Waals surface area contributed by atoms with E-state index < -0.39 is 75.7 Å². The van der Waals surface area contributed by atoms with Crippen molar-refractivity contribution in [3.05, 3.63) is 138 Å². The first-order valence-corrected chi connectivity index (χ1v) is 24.5. The molecular weight excluding hydrogens is 897 g/mol. The molecule has 2 heterocycles. The first-order chi connectivity index (χ1) is 32.9. The number of aromatic amines is 1. The van der Waals surface area contributed by atoms with E-state index in [1.807, 2.05) is 75.3 Å². The van der Waals surface area contributed by atoms with E-state index in [1.54, 1.807) is 87.0 Å². The lowest BCUT2D eigenvalue weighted by molar-refractivity contribution is -0.150. The number of carbonyl (C=O) groups excluding carboxylic acids is 5. The predicted octanol–water partition coefficient (Wildman–Crippen LogP) is 5.32. The molecule has 17 heteroatoms. The maximum atomic E-state index is 14.6. The van der Waals surface area contributed by atoms with Crippen LogP contribution >= 0.6 is 0 Å². The first kappa shape index (κ1) is 51.3. The molecule has 0 bridgehead atoms. The number of pyridine rings is 1. The number of rotatable bonds is 22. The largest absolute Gasteiger partial charge is 0.459 e. The molecule has 4 aromatic carbocycles. The number of benzene rings is 4. The summed E-state index contributed by atoms with van der Waals surface area (Å²) in [5.41, 5.74) is 3.72. The van der Waals surface area contributed by atoms with Crippen LogP contribution in [0.1, 0.15) is 57.7 Å². The van der Waals surface area contributed by atoms with E-state index >= 15 is 0 Å². The molecule has 5 atom stereocenters. The van der Waals surface area contributed by atoms with Crippen molar-refractivity contribution in [3.8, 4) is 0 Å². The first-order valence-electron chi connectivity index (χ1n) is 23.0. The highest BCUT2D eigenvalue weighted by molar-refractivity contribution is 7.89. The van der Waals surface area contributed by atoms with Gasteiger partial charge in [0.15, 0.2) is 0 Å². The van der Waals surface area contributed by atoms with Gasteiger partial charge in [0.1, 0.15) is 30.8 Å². The Bertz CT molecular complexity index is 2850. The summed E-state index contributed by atoms with van der Waals surface area (Å²) in [4.78, 5) is 79.7. The average Bonchev–Trinajstić information content (AvgIpc) is 3.73. The van der Waals surface area contributed by atoms with Gasteiger partial charge in [-0.25, -0.2) is 13.2 Å². The summed E-state index contributed by atoms with van der Waals surface area (Å²) in [6.07, 6.45) is 5.15. The molecule has 0 aliphatic heterocycles. The molecule has 0 saturated heterocycles. The average molecular weight is 959 g/mol. The molecule has 6 rings (SSSR count). The maximum absolute atomic E-state index is 14.6. The molecule has 364 valence electrons. The molecule has 4 amide bonds. The minimum absolute atomic E-state index is 0.0000559. The predicted molar refractivity (Wildman–Crippen MR) is 266 cm³/mol. The number of anilines is 1. The fourth-order valence-electron chi connectivity index (χ4n) is 8.07. The number of fused-ring (bicyclic) bond motifs is 2. The lowest BCUT2D eigenvalue weighted by atomic mass is 9.98. The number of aromatic nitrogens is 2. The van der Waals surface area contributed by atoms with Crippen LogP contribution in [0.25, 0.3) is 21.7 Å². The zero-order valence-corrected chi connectivity index (χ0v) is 40.8. The summed E-state index contributed by atoms with van der Waals surface area (Å²) in [5.74, 6) is -3.92. The molecule has 0 aliphatic rings. The summed E-state index contributed by atoms with van der Waals surface area (Å²) >= 11 is 0. The van der Waals surface area contributed by atoms with Gasteiger partial charge >= 0.3 is 5.97 Å². The van der Waals surface area contributed by atoms with E-state index in [0.717, 1.165) is 22.2 Å².